The summed E-state index contributed by atoms with van der Waals surface area (Å²) in [5, 5.41) is 5.32. The maximum atomic E-state index is 12.3. The molecule has 2 amide bonds. The topological polar surface area (TPSA) is 62.3 Å². The average Bonchev–Trinajstić information content (AvgIpc) is 3.11. The van der Waals surface area contributed by atoms with E-state index >= 15 is 0 Å². The minimum atomic E-state index is -0.129. The van der Waals surface area contributed by atoms with E-state index in [1.165, 1.54) is 29.5 Å². The predicted molar refractivity (Wildman–Crippen MR) is 116 cm³/mol. The van der Waals surface area contributed by atoms with E-state index in [2.05, 4.69) is 33.2 Å². The number of thiazole rings is 1. The van der Waals surface area contributed by atoms with Gasteiger partial charge in [-0.3, -0.25) is 9.59 Å². The molecular formula is C19H22BrN3O2S2. The van der Waals surface area contributed by atoms with Crippen LogP contribution in [0.4, 0.5) is 5.13 Å². The molecule has 1 aliphatic heterocycles. The van der Waals surface area contributed by atoms with Gasteiger partial charge in [0.2, 0.25) is 11.8 Å². The van der Waals surface area contributed by atoms with Gasteiger partial charge in [0, 0.05) is 28.0 Å². The molecule has 5 nitrogen and oxygen atoms in total. The van der Waals surface area contributed by atoms with Crippen molar-refractivity contribution >= 4 is 56.0 Å². The first-order valence-electron chi connectivity index (χ1n) is 8.91. The fraction of sp³-hybridized carbons (Fsp3) is 0.421. The molecule has 1 fully saturated rings. The number of thioether (sulfide) groups is 1. The van der Waals surface area contributed by atoms with Crippen LogP contribution >= 0.6 is 39.0 Å². The van der Waals surface area contributed by atoms with E-state index in [1.54, 1.807) is 0 Å². The third kappa shape index (κ3) is 5.80. The SMILES string of the molecule is C[C@H]1CCCCN1C(=O)CSCC(=O)Nc1nc(-c2ccc(Br)cc2)cs1. The standard InChI is InChI=1S/C19H22BrN3O2S2/c1-13-4-2-3-9-23(13)18(25)12-26-11-17(24)22-19-21-16(10-27-19)14-5-7-15(20)8-6-14/h5-8,10,13H,2-4,9,11-12H2,1H3,(H,21,22,24)/t13-/m0/s1. The fourth-order valence-corrected chi connectivity index (χ4v) is 4.72. The number of anilines is 1. The van der Waals surface area contributed by atoms with Crippen LogP contribution in [0.5, 0.6) is 0 Å². The van der Waals surface area contributed by atoms with Gasteiger partial charge in [-0.1, -0.05) is 28.1 Å². The van der Waals surface area contributed by atoms with E-state index in [9.17, 15) is 9.59 Å². The van der Waals surface area contributed by atoms with Gasteiger partial charge in [0.1, 0.15) is 0 Å². The van der Waals surface area contributed by atoms with Gasteiger partial charge in [-0.05, 0) is 38.3 Å². The highest BCUT2D eigenvalue weighted by atomic mass is 79.9. The van der Waals surface area contributed by atoms with Crippen LogP contribution in [0.25, 0.3) is 11.3 Å². The minimum absolute atomic E-state index is 0.129. The molecule has 0 saturated carbocycles. The summed E-state index contributed by atoms with van der Waals surface area (Å²) in [6.07, 6.45) is 3.34. The van der Waals surface area contributed by atoms with Crippen LogP contribution in [0.15, 0.2) is 34.1 Å². The number of carbonyl (C=O) groups is 2. The van der Waals surface area contributed by atoms with Crippen LogP contribution in [0, 0.1) is 0 Å². The Balaban J connectivity index is 1.44. The second-order valence-electron chi connectivity index (χ2n) is 6.52. The van der Waals surface area contributed by atoms with Crippen molar-refractivity contribution in [3.05, 3.63) is 34.1 Å². The zero-order valence-electron chi connectivity index (χ0n) is 15.1. The van der Waals surface area contributed by atoms with E-state index in [1.807, 2.05) is 34.5 Å². The highest BCUT2D eigenvalue weighted by Crippen LogP contribution is 2.26. The van der Waals surface area contributed by atoms with Crippen LogP contribution in [0.3, 0.4) is 0 Å². The van der Waals surface area contributed by atoms with Crippen molar-refractivity contribution in [2.45, 2.75) is 32.2 Å². The zero-order chi connectivity index (χ0) is 19.2. The number of hydrogen-bond donors (Lipinski definition) is 1. The molecule has 1 aliphatic rings. The molecule has 3 rings (SSSR count). The van der Waals surface area contributed by atoms with Crippen LogP contribution in [-0.2, 0) is 9.59 Å². The largest absolute Gasteiger partial charge is 0.339 e. The number of likely N-dealkylation sites (tertiary alicyclic amines) is 1. The Bertz CT molecular complexity index is 795. The Morgan fingerprint density at radius 1 is 1.30 bits per heavy atom. The molecule has 1 saturated heterocycles. The van der Waals surface area contributed by atoms with Crippen molar-refractivity contribution in [1.29, 1.82) is 0 Å². The Hall–Kier alpha value is -1.38. The van der Waals surface area contributed by atoms with Crippen LogP contribution < -0.4 is 5.32 Å². The van der Waals surface area contributed by atoms with Crippen LogP contribution in [0.1, 0.15) is 26.2 Å². The van der Waals surface area contributed by atoms with Gasteiger partial charge in [-0.15, -0.1) is 23.1 Å². The summed E-state index contributed by atoms with van der Waals surface area (Å²) >= 11 is 6.17. The molecule has 2 aromatic rings. The van der Waals surface area contributed by atoms with E-state index in [-0.39, 0.29) is 17.6 Å². The molecule has 1 aromatic carbocycles. The Morgan fingerprint density at radius 3 is 2.81 bits per heavy atom. The summed E-state index contributed by atoms with van der Waals surface area (Å²) in [7, 11) is 0. The molecule has 144 valence electrons. The third-order valence-corrected chi connectivity index (χ3v) is 6.68. The molecule has 0 spiro atoms. The number of piperidine rings is 1. The summed E-state index contributed by atoms with van der Waals surface area (Å²) < 4.78 is 1.01. The summed E-state index contributed by atoms with van der Waals surface area (Å²) in [5.41, 5.74) is 1.84. The van der Waals surface area contributed by atoms with Crippen molar-refractivity contribution in [3.63, 3.8) is 0 Å². The Morgan fingerprint density at radius 2 is 2.07 bits per heavy atom. The monoisotopic (exact) mass is 467 g/mol. The molecule has 1 atom stereocenters. The fourth-order valence-electron chi connectivity index (χ4n) is 3.02. The lowest BCUT2D eigenvalue weighted by atomic mass is 10.0. The first-order chi connectivity index (χ1) is 13.0. The number of benzene rings is 1. The summed E-state index contributed by atoms with van der Waals surface area (Å²) in [6.45, 7) is 2.94. The predicted octanol–water partition coefficient (Wildman–Crippen LogP) is 4.65. The lowest BCUT2D eigenvalue weighted by Crippen LogP contribution is -2.43. The molecule has 1 aromatic heterocycles. The number of carbonyl (C=O) groups excluding carboxylic acids is 2. The van der Waals surface area contributed by atoms with Gasteiger partial charge < -0.3 is 10.2 Å². The van der Waals surface area contributed by atoms with Gasteiger partial charge in [0.15, 0.2) is 5.13 Å². The summed E-state index contributed by atoms with van der Waals surface area (Å²) in [5.74, 6) is 0.601. The highest BCUT2D eigenvalue weighted by Gasteiger charge is 2.23. The first-order valence-corrected chi connectivity index (χ1v) is 11.7. The van der Waals surface area contributed by atoms with Gasteiger partial charge >= 0.3 is 0 Å². The van der Waals surface area contributed by atoms with Gasteiger partial charge in [0.25, 0.3) is 0 Å². The third-order valence-electron chi connectivity index (χ3n) is 4.47. The summed E-state index contributed by atoms with van der Waals surface area (Å²) in [6, 6.07) is 8.20. The minimum Gasteiger partial charge on any atom is -0.339 e. The molecule has 0 radical (unpaired) electrons. The normalized spacial score (nSPS) is 17.0. The van der Waals surface area contributed by atoms with Gasteiger partial charge in [-0.25, -0.2) is 4.98 Å². The Labute approximate surface area is 176 Å². The molecule has 0 unspecified atom stereocenters. The second kappa shape index (κ2) is 9.71. The van der Waals surface area contributed by atoms with Crippen molar-refractivity contribution in [2.24, 2.45) is 0 Å². The van der Waals surface area contributed by atoms with Crippen molar-refractivity contribution in [1.82, 2.24) is 9.88 Å². The summed E-state index contributed by atoms with van der Waals surface area (Å²) in [4.78, 5) is 30.8. The number of hydrogen-bond acceptors (Lipinski definition) is 5. The quantitative estimate of drug-likeness (QED) is 0.671. The number of halogens is 1. The molecule has 1 N–H and O–H groups in total. The molecule has 27 heavy (non-hydrogen) atoms. The van der Waals surface area contributed by atoms with E-state index < -0.39 is 0 Å². The van der Waals surface area contributed by atoms with Gasteiger partial charge in [-0.2, -0.15) is 0 Å². The van der Waals surface area contributed by atoms with Gasteiger partial charge in [0.05, 0.1) is 17.2 Å². The molecule has 2 heterocycles. The Kier molecular flexibility index (Phi) is 7.32. The van der Waals surface area contributed by atoms with E-state index in [0.29, 0.717) is 16.9 Å². The van der Waals surface area contributed by atoms with E-state index in [4.69, 9.17) is 0 Å². The van der Waals surface area contributed by atoms with Crippen molar-refractivity contribution < 1.29 is 9.59 Å². The van der Waals surface area contributed by atoms with Crippen LogP contribution in [-0.4, -0.2) is 45.8 Å². The molecular weight excluding hydrogens is 446 g/mol. The van der Waals surface area contributed by atoms with E-state index in [0.717, 1.165) is 35.1 Å². The molecule has 0 aliphatic carbocycles. The van der Waals surface area contributed by atoms with Crippen LogP contribution in [0.2, 0.25) is 0 Å². The maximum absolute atomic E-state index is 12.3. The average molecular weight is 468 g/mol. The lowest BCUT2D eigenvalue weighted by molar-refractivity contribution is -0.131. The molecule has 0 bridgehead atoms. The lowest BCUT2D eigenvalue weighted by Gasteiger charge is -2.33. The highest BCUT2D eigenvalue weighted by molar-refractivity contribution is 9.10. The second-order valence-corrected chi connectivity index (χ2v) is 9.28. The van der Waals surface area contributed by atoms with Crippen molar-refractivity contribution in [3.8, 4) is 11.3 Å². The first kappa shape index (κ1) is 20.4. The smallest absolute Gasteiger partial charge is 0.236 e. The van der Waals surface area contributed by atoms with Crippen molar-refractivity contribution in [2.75, 3.05) is 23.4 Å². The molecule has 8 heteroatoms. The number of aromatic nitrogens is 1. The maximum Gasteiger partial charge on any atom is 0.236 e. The zero-order valence-corrected chi connectivity index (χ0v) is 18.3. The number of nitrogens with zero attached hydrogens (tertiary/aromatic N) is 2. The number of nitrogens with one attached hydrogen (secondary N) is 1. The number of amides is 2. The number of rotatable bonds is 6.